The quantitative estimate of drug-likeness (QED) is 0.749. The van der Waals surface area contributed by atoms with Crippen LogP contribution in [0.25, 0.3) is 0 Å². The Morgan fingerprint density at radius 3 is 2.12 bits per heavy atom. The van der Waals surface area contributed by atoms with Gasteiger partial charge in [-0.3, -0.25) is 4.90 Å². The fraction of sp³-hybridized carbons (Fsp3) is 0.684. The van der Waals surface area contributed by atoms with Crippen molar-refractivity contribution in [1.82, 2.24) is 4.90 Å². The van der Waals surface area contributed by atoms with Gasteiger partial charge in [0.2, 0.25) is 0 Å². The fourth-order valence-corrected chi connectivity index (χ4v) is 3.28. The number of benzene rings is 1. The third kappa shape index (κ3) is 4.38. The van der Waals surface area contributed by atoms with E-state index >= 15 is 0 Å². The van der Waals surface area contributed by atoms with Crippen LogP contribution in [0, 0.1) is 0 Å². The standard InChI is InChI=1S/C19H28BF2NO3/c1-18(2)19(3,4)26-20(25-18)14-5-7-15(8-6-14)24-16-9-11-23(12-10-16)13-17(21)22/h5-8,16-17H,9-13H2,1-4H3. The molecular formula is C19H28BF2NO3. The van der Waals surface area contributed by atoms with Crippen LogP contribution in [0.1, 0.15) is 40.5 Å². The maximum absolute atomic E-state index is 12.4. The van der Waals surface area contributed by atoms with Crippen LogP contribution in [0.15, 0.2) is 24.3 Å². The molecule has 144 valence electrons. The van der Waals surface area contributed by atoms with Gasteiger partial charge in [0.15, 0.2) is 0 Å². The van der Waals surface area contributed by atoms with Gasteiger partial charge in [-0.2, -0.15) is 0 Å². The number of rotatable bonds is 5. The Hall–Kier alpha value is -1.18. The molecule has 0 unspecified atom stereocenters. The summed E-state index contributed by atoms with van der Waals surface area (Å²) in [6.45, 7) is 9.29. The van der Waals surface area contributed by atoms with E-state index in [9.17, 15) is 8.78 Å². The molecule has 2 heterocycles. The minimum Gasteiger partial charge on any atom is -0.490 e. The molecule has 0 spiro atoms. The van der Waals surface area contributed by atoms with Gasteiger partial charge in [0.1, 0.15) is 11.9 Å². The monoisotopic (exact) mass is 367 g/mol. The van der Waals surface area contributed by atoms with Gasteiger partial charge in [0.05, 0.1) is 17.7 Å². The molecule has 0 amide bonds. The summed E-state index contributed by atoms with van der Waals surface area (Å²) in [5, 5.41) is 0. The molecule has 4 nitrogen and oxygen atoms in total. The zero-order valence-corrected chi connectivity index (χ0v) is 16.0. The van der Waals surface area contributed by atoms with Crippen LogP contribution >= 0.6 is 0 Å². The second-order valence-electron chi connectivity index (χ2n) is 8.17. The van der Waals surface area contributed by atoms with Crippen LogP contribution in [0.3, 0.4) is 0 Å². The van der Waals surface area contributed by atoms with E-state index in [1.807, 2.05) is 52.0 Å². The summed E-state index contributed by atoms with van der Waals surface area (Å²) in [5.41, 5.74) is 0.237. The molecular weight excluding hydrogens is 339 g/mol. The van der Waals surface area contributed by atoms with Gasteiger partial charge >= 0.3 is 7.12 Å². The van der Waals surface area contributed by atoms with Gasteiger partial charge in [0.25, 0.3) is 6.43 Å². The Morgan fingerprint density at radius 1 is 1.08 bits per heavy atom. The van der Waals surface area contributed by atoms with Gasteiger partial charge in [-0.05, 0) is 58.1 Å². The fourth-order valence-electron chi connectivity index (χ4n) is 3.28. The van der Waals surface area contributed by atoms with Gasteiger partial charge in [-0.25, -0.2) is 8.78 Å². The van der Waals surface area contributed by atoms with Gasteiger partial charge in [0, 0.05) is 13.1 Å². The number of hydrogen-bond acceptors (Lipinski definition) is 4. The third-order valence-electron chi connectivity index (χ3n) is 5.64. The summed E-state index contributed by atoms with van der Waals surface area (Å²) in [5.74, 6) is 0.789. The summed E-state index contributed by atoms with van der Waals surface area (Å²) in [4.78, 5) is 1.80. The van der Waals surface area contributed by atoms with Crippen molar-refractivity contribution in [2.75, 3.05) is 19.6 Å². The number of likely N-dealkylation sites (tertiary alicyclic amines) is 1. The van der Waals surface area contributed by atoms with Crippen LogP contribution < -0.4 is 10.2 Å². The Morgan fingerprint density at radius 2 is 1.62 bits per heavy atom. The first-order valence-electron chi connectivity index (χ1n) is 9.29. The van der Waals surface area contributed by atoms with Crippen molar-refractivity contribution in [3.63, 3.8) is 0 Å². The highest BCUT2D eigenvalue weighted by Gasteiger charge is 2.51. The molecule has 0 atom stereocenters. The minimum atomic E-state index is -2.27. The first-order chi connectivity index (χ1) is 12.2. The molecule has 1 aromatic rings. The predicted molar refractivity (Wildman–Crippen MR) is 98.3 cm³/mol. The molecule has 0 N–H and O–H groups in total. The highest BCUT2D eigenvalue weighted by atomic mass is 19.3. The molecule has 2 saturated heterocycles. The van der Waals surface area contributed by atoms with Gasteiger partial charge in [-0.15, -0.1) is 0 Å². The van der Waals surface area contributed by atoms with Crippen molar-refractivity contribution < 1.29 is 22.8 Å². The molecule has 26 heavy (non-hydrogen) atoms. The first-order valence-corrected chi connectivity index (χ1v) is 9.29. The molecule has 0 bridgehead atoms. The highest BCUT2D eigenvalue weighted by Crippen LogP contribution is 2.36. The second kappa shape index (κ2) is 7.45. The average molecular weight is 367 g/mol. The molecule has 2 aliphatic rings. The highest BCUT2D eigenvalue weighted by molar-refractivity contribution is 6.62. The lowest BCUT2D eigenvalue weighted by Crippen LogP contribution is -2.41. The molecule has 7 heteroatoms. The maximum atomic E-state index is 12.4. The van der Waals surface area contributed by atoms with Gasteiger partial charge < -0.3 is 14.0 Å². The second-order valence-corrected chi connectivity index (χ2v) is 8.17. The van der Waals surface area contributed by atoms with Crippen LogP contribution in [0.4, 0.5) is 8.78 Å². The van der Waals surface area contributed by atoms with Crippen molar-refractivity contribution in [2.24, 2.45) is 0 Å². The topological polar surface area (TPSA) is 30.9 Å². The molecule has 0 saturated carbocycles. The molecule has 2 aliphatic heterocycles. The zero-order valence-electron chi connectivity index (χ0n) is 16.0. The molecule has 0 aliphatic carbocycles. The van der Waals surface area contributed by atoms with Crippen molar-refractivity contribution in [2.45, 2.75) is 64.3 Å². The Bertz CT molecular complexity index is 585. The summed E-state index contributed by atoms with van der Waals surface area (Å²) >= 11 is 0. The third-order valence-corrected chi connectivity index (χ3v) is 5.64. The van der Waals surface area contributed by atoms with Crippen molar-refractivity contribution >= 4 is 12.6 Å². The lowest BCUT2D eigenvalue weighted by Gasteiger charge is -2.32. The molecule has 2 fully saturated rings. The van der Waals surface area contributed by atoms with Crippen molar-refractivity contribution in [3.8, 4) is 5.75 Å². The van der Waals surface area contributed by atoms with E-state index in [4.69, 9.17) is 14.0 Å². The Labute approximate surface area is 154 Å². The largest absolute Gasteiger partial charge is 0.494 e. The lowest BCUT2D eigenvalue weighted by molar-refractivity contribution is 0.00578. The Balaban J connectivity index is 1.53. The molecule has 1 aromatic carbocycles. The van der Waals surface area contributed by atoms with E-state index in [-0.39, 0.29) is 31.0 Å². The zero-order chi connectivity index (χ0) is 18.9. The van der Waals surface area contributed by atoms with Crippen LogP contribution in [-0.2, 0) is 9.31 Å². The molecule has 0 aromatic heterocycles. The van der Waals surface area contributed by atoms with Crippen LogP contribution in [0.2, 0.25) is 0 Å². The smallest absolute Gasteiger partial charge is 0.490 e. The van der Waals surface area contributed by atoms with Crippen LogP contribution in [-0.4, -0.2) is 55.4 Å². The number of piperidine rings is 1. The van der Waals surface area contributed by atoms with Crippen molar-refractivity contribution in [1.29, 1.82) is 0 Å². The van der Waals surface area contributed by atoms with E-state index < -0.39 is 6.43 Å². The first kappa shape index (κ1) is 19.6. The van der Waals surface area contributed by atoms with Crippen LogP contribution in [0.5, 0.6) is 5.75 Å². The normalized spacial score (nSPS) is 23.6. The van der Waals surface area contributed by atoms with E-state index in [0.717, 1.165) is 24.1 Å². The summed E-state index contributed by atoms with van der Waals surface area (Å²) in [6.07, 6.45) is -0.654. The summed E-state index contributed by atoms with van der Waals surface area (Å²) in [6, 6.07) is 7.77. The van der Waals surface area contributed by atoms with E-state index in [2.05, 4.69) is 0 Å². The summed E-state index contributed by atoms with van der Waals surface area (Å²) < 4.78 is 43.0. The molecule has 0 radical (unpaired) electrons. The van der Waals surface area contributed by atoms with Gasteiger partial charge in [-0.1, -0.05) is 12.1 Å². The number of nitrogens with zero attached hydrogens (tertiary/aromatic N) is 1. The minimum absolute atomic E-state index is 0.0756. The number of ether oxygens (including phenoxy) is 1. The predicted octanol–water partition coefficient (Wildman–Crippen LogP) is 3.09. The van der Waals surface area contributed by atoms with Crippen molar-refractivity contribution in [3.05, 3.63) is 24.3 Å². The number of hydrogen-bond donors (Lipinski definition) is 0. The average Bonchev–Trinajstić information content (AvgIpc) is 2.77. The number of alkyl halides is 2. The Kier molecular flexibility index (Phi) is 5.61. The van der Waals surface area contributed by atoms with E-state index in [0.29, 0.717) is 13.1 Å². The van der Waals surface area contributed by atoms with E-state index in [1.165, 1.54) is 0 Å². The SMILES string of the molecule is CC1(C)OB(c2ccc(OC3CCN(CC(F)F)CC3)cc2)OC1(C)C. The molecule has 3 rings (SSSR count). The van der Waals surface area contributed by atoms with E-state index in [1.54, 1.807) is 4.90 Å². The number of halogens is 2. The summed E-state index contributed by atoms with van der Waals surface area (Å²) in [7, 11) is -0.383. The lowest BCUT2D eigenvalue weighted by atomic mass is 9.79. The maximum Gasteiger partial charge on any atom is 0.494 e.